The molecule has 5 rings (SSSR count). The molecule has 214 valence electrons. The molecule has 11 heteroatoms. The number of aromatic nitrogens is 4. The molecule has 1 amide bonds. The lowest BCUT2D eigenvalue weighted by atomic mass is 9.82. The van der Waals surface area contributed by atoms with Gasteiger partial charge in [0.2, 0.25) is 16.2 Å². The number of likely N-dealkylation sites (tertiary alicyclic amines) is 1. The second-order valence-corrected chi connectivity index (χ2v) is 11.9. The highest BCUT2D eigenvalue weighted by atomic mass is 32.1. The highest BCUT2D eigenvalue weighted by Gasteiger charge is 2.31. The molecule has 2 N–H and O–H groups in total. The van der Waals surface area contributed by atoms with Crippen LogP contribution < -0.4 is 20.3 Å². The Balaban J connectivity index is 1.09. The summed E-state index contributed by atoms with van der Waals surface area (Å²) in [6, 6.07) is 12.4. The van der Waals surface area contributed by atoms with Gasteiger partial charge >= 0.3 is 0 Å². The number of anilines is 3. The van der Waals surface area contributed by atoms with Crippen molar-refractivity contribution in [3.63, 3.8) is 0 Å². The summed E-state index contributed by atoms with van der Waals surface area (Å²) >= 11 is 1.39. The third-order valence-corrected chi connectivity index (χ3v) is 8.53. The number of benzene rings is 1. The van der Waals surface area contributed by atoms with Crippen molar-refractivity contribution < 1.29 is 9.53 Å². The maximum Gasteiger partial charge on any atom is 0.229 e. The molecule has 2 aliphatic rings. The zero-order valence-electron chi connectivity index (χ0n) is 23.6. The van der Waals surface area contributed by atoms with Crippen LogP contribution in [0.4, 0.5) is 16.1 Å². The van der Waals surface area contributed by atoms with Crippen LogP contribution in [0.1, 0.15) is 52.0 Å². The van der Waals surface area contributed by atoms with Crippen molar-refractivity contribution in [2.75, 3.05) is 41.7 Å². The fourth-order valence-electron chi connectivity index (χ4n) is 5.74. The zero-order chi connectivity index (χ0) is 27.9. The Bertz CT molecular complexity index is 1230. The number of nitrogens with zero attached hydrogens (tertiary/aromatic N) is 6. The monoisotopic (exact) mass is 564 g/mol. The van der Waals surface area contributed by atoms with E-state index in [-0.39, 0.29) is 24.0 Å². The van der Waals surface area contributed by atoms with Gasteiger partial charge in [0.25, 0.3) is 0 Å². The number of nitrogens with one attached hydrogen (secondary N) is 2. The number of rotatable bonds is 11. The minimum atomic E-state index is -0.0330. The van der Waals surface area contributed by atoms with E-state index in [9.17, 15) is 4.79 Å². The van der Waals surface area contributed by atoms with Crippen molar-refractivity contribution in [3.8, 4) is 5.75 Å². The van der Waals surface area contributed by atoms with Crippen LogP contribution >= 0.6 is 11.3 Å². The van der Waals surface area contributed by atoms with E-state index in [1.54, 1.807) is 6.20 Å². The molecule has 2 fully saturated rings. The molecule has 2 aliphatic heterocycles. The Hall–Kier alpha value is -3.31. The Kier molecular flexibility index (Phi) is 9.43. The Labute approximate surface area is 240 Å². The summed E-state index contributed by atoms with van der Waals surface area (Å²) in [5.74, 6) is 2.23. The van der Waals surface area contributed by atoms with E-state index in [0.29, 0.717) is 11.0 Å². The molecule has 0 spiro atoms. The van der Waals surface area contributed by atoms with E-state index < -0.39 is 0 Å². The van der Waals surface area contributed by atoms with Gasteiger partial charge in [0.05, 0.1) is 6.10 Å². The molecule has 2 aromatic heterocycles. The summed E-state index contributed by atoms with van der Waals surface area (Å²) in [4.78, 5) is 18.0. The van der Waals surface area contributed by atoms with Crippen molar-refractivity contribution in [1.29, 1.82) is 0 Å². The van der Waals surface area contributed by atoms with Crippen molar-refractivity contribution in [2.45, 2.75) is 65.1 Å². The number of piperidine rings is 1. The Morgan fingerprint density at radius 2 is 1.85 bits per heavy atom. The van der Waals surface area contributed by atoms with E-state index in [1.807, 2.05) is 18.2 Å². The van der Waals surface area contributed by atoms with E-state index in [1.165, 1.54) is 16.9 Å². The highest BCUT2D eigenvalue weighted by Crippen LogP contribution is 2.31. The summed E-state index contributed by atoms with van der Waals surface area (Å²) in [7, 11) is 0. The third-order valence-electron chi connectivity index (χ3n) is 7.76. The minimum absolute atomic E-state index is 0.0330. The lowest BCUT2D eigenvalue weighted by molar-refractivity contribution is -0.122. The van der Waals surface area contributed by atoms with E-state index in [0.717, 1.165) is 75.1 Å². The first-order valence-electron chi connectivity index (χ1n) is 14.4. The molecule has 2 saturated heterocycles. The zero-order valence-corrected chi connectivity index (χ0v) is 24.4. The summed E-state index contributed by atoms with van der Waals surface area (Å²) in [5.41, 5.74) is 1.22. The molecule has 0 unspecified atom stereocenters. The molecule has 0 saturated carbocycles. The molecule has 0 radical (unpaired) electrons. The molecule has 40 heavy (non-hydrogen) atoms. The predicted molar refractivity (Wildman–Crippen MR) is 159 cm³/mol. The summed E-state index contributed by atoms with van der Waals surface area (Å²) in [6.07, 6.45) is 5.64. The first kappa shape index (κ1) is 28.2. The van der Waals surface area contributed by atoms with Crippen LogP contribution in [0.5, 0.6) is 5.75 Å². The van der Waals surface area contributed by atoms with Crippen molar-refractivity contribution in [2.24, 2.45) is 11.8 Å². The molecule has 10 nitrogen and oxygen atoms in total. The van der Waals surface area contributed by atoms with Crippen molar-refractivity contribution >= 4 is 33.3 Å². The van der Waals surface area contributed by atoms with Gasteiger partial charge in [-0.1, -0.05) is 36.5 Å². The van der Waals surface area contributed by atoms with Crippen LogP contribution in [-0.4, -0.2) is 69.5 Å². The van der Waals surface area contributed by atoms with Crippen LogP contribution in [0.2, 0.25) is 0 Å². The Morgan fingerprint density at radius 3 is 2.60 bits per heavy atom. The van der Waals surface area contributed by atoms with Gasteiger partial charge in [0, 0.05) is 43.4 Å². The average molecular weight is 565 g/mol. The van der Waals surface area contributed by atoms with Gasteiger partial charge in [-0.05, 0) is 76.7 Å². The van der Waals surface area contributed by atoms with E-state index >= 15 is 0 Å². The maximum atomic E-state index is 13.3. The molecule has 0 bridgehead atoms. The summed E-state index contributed by atoms with van der Waals surface area (Å²) in [6.45, 7) is 10.8. The van der Waals surface area contributed by atoms with Crippen LogP contribution in [0.3, 0.4) is 0 Å². The fraction of sp³-hybridized carbons (Fsp3) is 0.552. The smallest absolute Gasteiger partial charge is 0.229 e. The largest absolute Gasteiger partial charge is 0.491 e. The topological polar surface area (TPSA) is 108 Å². The number of ether oxygens (including phenoxy) is 1. The van der Waals surface area contributed by atoms with Gasteiger partial charge in [-0.2, -0.15) is 5.10 Å². The highest BCUT2D eigenvalue weighted by molar-refractivity contribution is 7.19. The fourth-order valence-corrected chi connectivity index (χ4v) is 6.47. The number of hydrogen-bond acceptors (Lipinski definition) is 10. The molecule has 0 aliphatic carbocycles. The van der Waals surface area contributed by atoms with Gasteiger partial charge in [0.15, 0.2) is 5.82 Å². The van der Waals surface area contributed by atoms with Crippen LogP contribution in [0.15, 0.2) is 42.6 Å². The van der Waals surface area contributed by atoms with Crippen molar-refractivity contribution in [1.82, 2.24) is 25.3 Å². The van der Waals surface area contributed by atoms with E-state index in [4.69, 9.17) is 4.74 Å². The SMILES string of the molecule is CC[C@H](C(=O)Nc1nnc(N[C@@H]2CCN(c3cccnn3)C2)s1)C1CCN(Cc2ccccc2OC(C)C)CC1. The molecule has 4 heterocycles. The summed E-state index contributed by atoms with van der Waals surface area (Å²) < 4.78 is 6.01. The molecule has 3 aromatic rings. The third kappa shape index (κ3) is 7.25. The lowest BCUT2D eigenvalue weighted by Gasteiger charge is -2.35. The minimum Gasteiger partial charge on any atom is -0.491 e. The Morgan fingerprint density at radius 1 is 1.05 bits per heavy atom. The average Bonchev–Trinajstić information content (AvgIpc) is 3.61. The second kappa shape index (κ2) is 13.4. The van der Waals surface area contributed by atoms with Gasteiger partial charge in [-0.25, -0.2) is 0 Å². The first-order chi connectivity index (χ1) is 19.5. The standard InChI is InChI=1S/C29H40N8O2S/c1-4-24(21-11-15-36(16-12-21)18-22-8-5-6-9-25(22)39-20(2)3)27(38)32-29-35-34-28(40-29)31-23-13-17-37(19-23)26-10-7-14-30-33-26/h5-10,14,20-21,23-24H,4,11-13,15-19H2,1-3H3,(H,31,34)(H,32,35,38)/t23-,24+/m1/s1. The summed E-state index contributed by atoms with van der Waals surface area (Å²) in [5, 5.41) is 24.5. The number of hydrogen-bond donors (Lipinski definition) is 2. The quantitative estimate of drug-likeness (QED) is 0.343. The number of carbonyl (C=O) groups excluding carboxylic acids is 1. The van der Waals surface area contributed by atoms with Gasteiger partial charge in [-0.15, -0.1) is 15.3 Å². The number of carbonyl (C=O) groups is 1. The number of para-hydroxylation sites is 1. The van der Waals surface area contributed by atoms with Gasteiger partial charge in [-0.3, -0.25) is 9.69 Å². The van der Waals surface area contributed by atoms with Crippen LogP contribution in [-0.2, 0) is 11.3 Å². The van der Waals surface area contributed by atoms with Crippen LogP contribution in [0, 0.1) is 11.8 Å². The lowest BCUT2D eigenvalue weighted by Crippen LogP contribution is -2.39. The molecule has 2 atom stereocenters. The van der Waals surface area contributed by atoms with Crippen LogP contribution in [0.25, 0.3) is 0 Å². The predicted octanol–water partition coefficient (Wildman–Crippen LogP) is 4.68. The number of amides is 1. The molecular formula is C29H40N8O2S. The van der Waals surface area contributed by atoms with E-state index in [2.05, 4.69) is 79.8 Å². The molecule has 1 aromatic carbocycles. The first-order valence-corrected chi connectivity index (χ1v) is 15.2. The molecular weight excluding hydrogens is 524 g/mol. The van der Waals surface area contributed by atoms with Crippen molar-refractivity contribution in [3.05, 3.63) is 48.2 Å². The normalized spacial score (nSPS) is 19.1. The van der Waals surface area contributed by atoms with Gasteiger partial charge in [0.1, 0.15) is 5.75 Å². The maximum absolute atomic E-state index is 13.3. The second-order valence-electron chi connectivity index (χ2n) is 11.0. The van der Waals surface area contributed by atoms with Gasteiger partial charge < -0.3 is 20.3 Å².